The van der Waals surface area contributed by atoms with E-state index in [1.54, 1.807) is 19.2 Å². The van der Waals surface area contributed by atoms with E-state index in [2.05, 4.69) is 15.6 Å². The third kappa shape index (κ3) is 7.48. The SMILES string of the molecule is CN=C(NCc1cccc(S(N)(=O)=O)c1)NCc1ccccc1OCC1CC1.I. The Balaban J connectivity index is 0.00000300. The topological polar surface area (TPSA) is 106 Å². The average Bonchev–Trinajstić information content (AvgIpc) is 3.51. The summed E-state index contributed by atoms with van der Waals surface area (Å²) in [6.07, 6.45) is 2.51. The van der Waals surface area contributed by atoms with Crippen molar-refractivity contribution in [1.82, 2.24) is 10.6 Å². The van der Waals surface area contributed by atoms with Gasteiger partial charge < -0.3 is 15.4 Å². The Hall–Kier alpha value is -1.85. The molecule has 0 spiro atoms. The number of benzene rings is 2. The molecule has 158 valence electrons. The summed E-state index contributed by atoms with van der Waals surface area (Å²) in [5.74, 6) is 2.19. The van der Waals surface area contributed by atoms with E-state index in [9.17, 15) is 8.42 Å². The third-order valence-corrected chi connectivity index (χ3v) is 5.41. The van der Waals surface area contributed by atoms with E-state index in [1.165, 1.54) is 18.9 Å². The second-order valence-corrected chi connectivity index (χ2v) is 8.40. The smallest absolute Gasteiger partial charge is 0.238 e. The molecule has 0 atom stereocenters. The molecule has 0 bridgehead atoms. The molecule has 0 heterocycles. The lowest BCUT2D eigenvalue weighted by molar-refractivity contribution is 0.296. The highest BCUT2D eigenvalue weighted by atomic mass is 127. The standard InChI is InChI=1S/C20H26N4O3S.HI/c1-22-20(23-12-16-5-4-7-18(11-16)28(21,25)26)24-13-17-6-2-3-8-19(17)27-14-15-9-10-15;/h2-8,11,15H,9-10,12-14H2,1H3,(H2,21,25,26)(H2,22,23,24);1H. The number of halogens is 1. The predicted octanol–water partition coefficient (Wildman–Crippen LogP) is 2.61. The van der Waals surface area contributed by atoms with Crippen molar-refractivity contribution in [2.24, 2.45) is 16.0 Å². The van der Waals surface area contributed by atoms with E-state index >= 15 is 0 Å². The van der Waals surface area contributed by atoms with Gasteiger partial charge in [0.15, 0.2) is 5.96 Å². The normalized spacial score (nSPS) is 14.1. The van der Waals surface area contributed by atoms with Crippen LogP contribution >= 0.6 is 24.0 Å². The highest BCUT2D eigenvalue weighted by Gasteiger charge is 2.22. The minimum atomic E-state index is -3.72. The van der Waals surface area contributed by atoms with Crippen LogP contribution in [0.2, 0.25) is 0 Å². The fourth-order valence-corrected chi connectivity index (χ4v) is 3.28. The number of rotatable bonds is 8. The summed E-state index contributed by atoms with van der Waals surface area (Å²) < 4.78 is 28.9. The van der Waals surface area contributed by atoms with E-state index in [0.717, 1.165) is 23.5 Å². The number of nitrogens with zero attached hydrogens (tertiary/aromatic N) is 1. The molecule has 0 unspecified atom stereocenters. The van der Waals surface area contributed by atoms with Gasteiger partial charge in [-0.15, -0.1) is 24.0 Å². The number of hydrogen-bond donors (Lipinski definition) is 3. The summed E-state index contributed by atoms with van der Waals surface area (Å²) in [5, 5.41) is 11.6. The van der Waals surface area contributed by atoms with Crippen LogP contribution in [-0.2, 0) is 23.1 Å². The van der Waals surface area contributed by atoms with Gasteiger partial charge in [0.05, 0.1) is 11.5 Å². The van der Waals surface area contributed by atoms with Crippen molar-refractivity contribution < 1.29 is 13.2 Å². The zero-order valence-corrected chi connectivity index (χ0v) is 19.4. The fourth-order valence-electron chi connectivity index (χ4n) is 2.70. The Kier molecular flexibility index (Phi) is 8.72. The van der Waals surface area contributed by atoms with Gasteiger partial charge in [0.25, 0.3) is 0 Å². The van der Waals surface area contributed by atoms with Crippen molar-refractivity contribution in [2.45, 2.75) is 30.8 Å². The lowest BCUT2D eigenvalue weighted by atomic mass is 10.2. The highest BCUT2D eigenvalue weighted by molar-refractivity contribution is 14.0. The molecule has 1 aliphatic rings. The van der Waals surface area contributed by atoms with Gasteiger partial charge in [0.1, 0.15) is 5.75 Å². The largest absolute Gasteiger partial charge is 0.493 e. The van der Waals surface area contributed by atoms with Crippen LogP contribution in [0, 0.1) is 5.92 Å². The van der Waals surface area contributed by atoms with Crippen molar-refractivity contribution in [2.75, 3.05) is 13.7 Å². The first kappa shape index (κ1) is 23.4. The Labute approximate surface area is 189 Å². The zero-order chi connectivity index (χ0) is 20.0. The van der Waals surface area contributed by atoms with Gasteiger partial charge >= 0.3 is 0 Å². The Morgan fingerprint density at radius 1 is 1.14 bits per heavy atom. The van der Waals surface area contributed by atoms with Crippen molar-refractivity contribution in [3.8, 4) is 5.75 Å². The summed E-state index contributed by atoms with van der Waals surface area (Å²) in [6.45, 7) is 1.75. The summed E-state index contributed by atoms with van der Waals surface area (Å²) in [7, 11) is -2.03. The predicted molar refractivity (Wildman–Crippen MR) is 125 cm³/mol. The van der Waals surface area contributed by atoms with Gasteiger partial charge in [-0.05, 0) is 42.5 Å². The summed E-state index contributed by atoms with van der Waals surface area (Å²) in [4.78, 5) is 4.31. The second kappa shape index (κ2) is 10.8. The van der Waals surface area contributed by atoms with Crippen LogP contribution < -0.4 is 20.5 Å². The van der Waals surface area contributed by atoms with Crippen molar-refractivity contribution >= 4 is 40.0 Å². The molecule has 7 nitrogen and oxygen atoms in total. The molecule has 2 aromatic carbocycles. The lowest BCUT2D eigenvalue weighted by Gasteiger charge is -2.15. The second-order valence-electron chi connectivity index (χ2n) is 6.83. The van der Waals surface area contributed by atoms with E-state index in [4.69, 9.17) is 9.88 Å². The summed E-state index contributed by atoms with van der Waals surface area (Å²) in [5.41, 5.74) is 1.85. The number of nitrogens with one attached hydrogen (secondary N) is 2. The number of hydrogen-bond acceptors (Lipinski definition) is 4. The maximum absolute atomic E-state index is 11.5. The Bertz CT molecular complexity index is 946. The molecule has 1 aliphatic carbocycles. The maximum atomic E-state index is 11.5. The van der Waals surface area contributed by atoms with Crippen molar-refractivity contribution in [3.63, 3.8) is 0 Å². The van der Waals surface area contributed by atoms with Crippen LogP contribution in [0.1, 0.15) is 24.0 Å². The number of para-hydroxylation sites is 1. The van der Waals surface area contributed by atoms with E-state index in [0.29, 0.717) is 25.0 Å². The maximum Gasteiger partial charge on any atom is 0.238 e. The molecule has 0 aromatic heterocycles. The number of primary sulfonamides is 1. The number of nitrogens with two attached hydrogens (primary N) is 1. The van der Waals surface area contributed by atoms with Gasteiger partial charge in [-0.1, -0.05) is 30.3 Å². The first-order valence-electron chi connectivity index (χ1n) is 9.22. The molecule has 0 aliphatic heterocycles. The van der Waals surface area contributed by atoms with E-state index in [1.807, 2.05) is 30.3 Å². The van der Waals surface area contributed by atoms with Gasteiger partial charge in [-0.25, -0.2) is 13.6 Å². The van der Waals surface area contributed by atoms with Crippen LogP contribution in [0.25, 0.3) is 0 Å². The minimum Gasteiger partial charge on any atom is -0.493 e. The minimum absolute atomic E-state index is 0. The molecule has 29 heavy (non-hydrogen) atoms. The Morgan fingerprint density at radius 3 is 2.55 bits per heavy atom. The average molecular weight is 530 g/mol. The van der Waals surface area contributed by atoms with Gasteiger partial charge in [0.2, 0.25) is 10.0 Å². The lowest BCUT2D eigenvalue weighted by Crippen LogP contribution is -2.36. The molecule has 2 aromatic rings. The molecule has 4 N–H and O–H groups in total. The fraction of sp³-hybridized carbons (Fsp3) is 0.350. The number of guanidine groups is 1. The number of aliphatic imine (C=N–C) groups is 1. The zero-order valence-electron chi connectivity index (χ0n) is 16.3. The molecule has 0 radical (unpaired) electrons. The quantitative estimate of drug-likeness (QED) is 0.277. The molecule has 1 fully saturated rings. The van der Waals surface area contributed by atoms with Crippen molar-refractivity contribution in [3.05, 3.63) is 59.7 Å². The van der Waals surface area contributed by atoms with Gasteiger partial charge in [-0.3, -0.25) is 4.99 Å². The molecular weight excluding hydrogens is 503 g/mol. The summed E-state index contributed by atoms with van der Waals surface area (Å²) >= 11 is 0. The molecular formula is C20H27IN4O3S. The first-order valence-corrected chi connectivity index (χ1v) is 10.8. The van der Waals surface area contributed by atoms with Crippen LogP contribution in [0.3, 0.4) is 0 Å². The first-order chi connectivity index (χ1) is 13.5. The van der Waals surface area contributed by atoms with Crippen molar-refractivity contribution in [1.29, 1.82) is 0 Å². The third-order valence-electron chi connectivity index (χ3n) is 4.50. The Morgan fingerprint density at radius 2 is 1.86 bits per heavy atom. The molecule has 9 heteroatoms. The van der Waals surface area contributed by atoms with Gasteiger partial charge in [-0.2, -0.15) is 0 Å². The van der Waals surface area contributed by atoms with Crippen LogP contribution in [0.5, 0.6) is 5.75 Å². The summed E-state index contributed by atoms with van der Waals surface area (Å²) in [6, 6.07) is 14.5. The van der Waals surface area contributed by atoms with Crippen LogP contribution in [0.15, 0.2) is 58.4 Å². The van der Waals surface area contributed by atoms with E-state index < -0.39 is 10.0 Å². The van der Waals surface area contributed by atoms with Gasteiger partial charge in [0, 0.05) is 25.7 Å². The molecule has 1 saturated carbocycles. The molecule has 3 rings (SSSR count). The molecule has 0 amide bonds. The number of sulfonamides is 1. The van der Waals surface area contributed by atoms with Crippen LogP contribution in [-0.4, -0.2) is 28.0 Å². The van der Waals surface area contributed by atoms with Crippen LogP contribution in [0.4, 0.5) is 0 Å². The van der Waals surface area contributed by atoms with E-state index in [-0.39, 0.29) is 28.9 Å². The highest BCUT2D eigenvalue weighted by Crippen LogP contribution is 2.30. The monoisotopic (exact) mass is 530 g/mol. The number of ether oxygens (including phenoxy) is 1. The molecule has 0 saturated heterocycles.